The van der Waals surface area contributed by atoms with E-state index in [0.717, 1.165) is 6.07 Å². The Morgan fingerprint density at radius 2 is 1.79 bits per heavy atom. The second kappa shape index (κ2) is 8.75. The molecule has 0 amide bonds. The van der Waals surface area contributed by atoms with E-state index < -0.39 is 22.8 Å². The zero-order valence-electron chi connectivity index (χ0n) is 15.5. The normalized spacial score (nSPS) is 16.5. The molecule has 0 unspecified atom stereocenters. The molecular weight excluding hydrogens is 392 g/mol. The lowest BCUT2D eigenvalue weighted by atomic mass is 9.82. The number of allylic oxidation sites excluding steroid dienone is 1. The number of nitrogens with zero attached hydrogens (tertiary/aromatic N) is 1. The van der Waals surface area contributed by atoms with Crippen molar-refractivity contribution in [1.29, 1.82) is 0 Å². The van der Waals surface area contributed by atoms with Crippen LogP contribution >= 0.6 is 11.6 Å². The standard InChI is InChI=1S/C18H19ClN2O7/c1-4-26-17(22)13-9(3)28-16(20)15(18(23)27-5-2)14(13)11-7-6-10(21(24)25)8-12(11)19/h6-8,14H,4-5,20H2,1-3H3/t14-/m0/s1. The maximum atomic E-state index is 12.6. The molecule has 150 valence electrons. The molecule has 2 rings (SSSR count). The molecule has 1 aromatic carbocycles. The van der Waals surface area contributed by atoms with E-state index in [1.807, 2.05) is 0 Å². The number of carbonyl (C=O) groups excluding carboxylic acids is 2. The number of nitrogens with two attached hydrogens (primary N) is 1. The summed E-state index contributed by atoms with van der Waals surface area (Å²) in [5, 5.41) is 11.0. The zero-order valence-corrected chi connectivity index (χ0v) is 16.2. The second-order valence-electron chi connectivity index (χ2n) is 5.69. The van der Waals surface area contributed by atoms with Gasteiger partial charge in [0.2, 0.25) is 5.88 Å². The Kier molecular flexibility index (Phi) is 6.63. The molecule has 0 spiro atoms. The summed E-state index contributed by atoms with van der Waals surface area (Å²) in [7, 11) is 0. The van der Waals surface area contributed by atoms with E-state index in [-0.39, 0.29) is 52.3 Å². The van der Waals surface area contributed by atoms with Gasteiger partial charge in [0.15, 0.2) is 0 Å². The number of non-ortho nitro benzene ring substituents is 1. The number of halogens is 1. The second-order valence-corrected chi connectivity index (χ2v) is 6.09. The summed E-state index contributed by atoms with van der Waals surface area (Å²) in [6, 6.07) is 3.70. The Balaban J connectivity index is 2.71. The van der Waals surface area contributed by atoms with E-state index in [4.69, 9.17) is 31.5 Å². The van der Waals surface area contributed by atoms with Gasteiger partial charge in [-0.2, -0.15) is 0 Å². The molecule has 1 aliphatic rings. The van der Waals surface area contributed by atoms with Crippen molar-refractivity contribution in [3.63, 3.8) is 0 Å². The Morgan fingerprint density at radius 1 is 1.21 bits per heavy atom. The van der Waals surface area contributed by atoms with E-state index in [1.54, 1.807) is 13.8 Å². The highest BCUT2D eigenvalue weighted by atomic mass is 35.5. The molecule has 28 heavy (non-hydrogen) atoms. The van der Waals surface area contributed by atoms with Crippen LogP contribution in [-0.4, -0.2) is 30.1 Å². The van der Waals surface area contributed by atoms with Gasteiger partial charge >= 0.3 is 11.9 Å². The molecule has 1 heterocycles. The predicted octanol–water partition coefficient (Wildman–Crippen LogP) is 2.93. The molecule has 9 nitrogen and oxygen atoms in total. The topological polar surface area (TPSA) is 131 Å². The third-order valence-corrected chi connectivity index (χ3v) is 4.31. The third kappa shape index (κ3) is 4.09. The SMILES string of the molecule is CCOC(=O)C1=C(C)OC(N)=C(C(=O)OCC)[C@H]1c1ccc([N+](=O)[O-])cc1Cl. The van der Waals surface area contributed by atoms with Crippen LogP contribution in [0.25, 0.3) is 0 Å². The highest BCUT2D eigenvalue weighted by molar-refractivity contribution is 6.31. The summed E-state index contributed by atoms with van der Waals surface area (Å²) in [4.78, 5) is 35.5. The lowest BCUT2D eigenvalue weighted by Crippen LogP contribution is -2.30. The molecule has 0 aromatic heterocycles. The molecule has 1 atom stereocenters. The Morgan fingerprint density at radius 3 is 2.29 bits per heavy atom. The summed E-state index contributed by atoms with van der Waals surface area (Å²) in [5.41, 5.74) is 5.80. The van der Waals surface area contributed by atoms with E-state index in [0.29, 0.717) is 0 Å². The zero-order chi connectivity index (χ0) is 21.0. The van der Waals surface area contributed by atoms with Crippen molar-refractivity contribution < 1.29 is 28.7 Å². The summed E-state index contributed by atoms with van der Waals surface area (Å²) in [6.45, 7) is 4.88. The van der Waals surface area contributed by atoms with Crippen LogP contribution in [0.15, 0.2) is 41.0 Å². The van der Waals surface area contributed by atoms with Crippen molar-refractivity contribution in [3.8, 4) is 0 Å². The van der Waals surface area contributed by atoms with Gasteiger partial charge in [0.25, 0.3) is 5.69 Å². The number of hydrogen-bond acceptors (Lipinski definition) is 8. The van der Waals surface area contributed by atoms with Gasteiger partial charge in [-0.05, 0) is 32.4 Å². The smallest absolute Gasteiger partial charge is 0.340 e. The van der Waals surface area contributed by atoms with Gasteiger partial charge in [0.1, 0.15) is 11.3 Å². The van der Waals surface area contributed by atoms with E-state index in [9.17, 15) is 19.7 Å². The van der Waals surface area contributed by atoms with Crippen LogP contribution in [0.3, 0.4) is 0 Å². The van der Waals surface area contributed by atoms with Crippen molar-refractivity contribution >= 4 is 29.2 Å². The summed E-state index contributed by atoms with van der Waals surface area (Å²) in [6.07, 6.45) is 0. The number of nitro benzene ring substituents is 1. The average molecular weight is 411 g/mol. The maximum Gasteiger partial charge on any atom is 0.340 e. The van der Waals surface area contributed by atoms with Gasteiger partial charge in [-0.15, -0.1) is 0 Å². The first kappa shape index (κ1) is 21.2. The fourth-order valence-corrected chi connectivity index (χ4v) is 3.12. The highest BCUT2D eigenvalue weighted by Crippen LogP contribution is 2.43. The molecule has 0 radical (unpaired) electrons. The Hall–Kier alpha value is -3.07. The van der Waals surface area contributed by atoms with E-state index >= 15 is 0 Å². The number of rotatable bonds is 6. The van der Waals surface area contributed by atoms with Crippen LogP contribution < -0.4 is 5.73 Å². The fraction of sp³-hybridized carbons (Fsp3) is 0.333. The first-order valence-electron chi connectivity index (χ1n) is 8.39. The fourth-order valence-electron chi connectivity index (χ4n) is 2.84. The van der Waals surface area contributed by atoms with Gasteiger partial charge in [-0.1, -0.05) is 11.6 Å². The first-order chi connectivity index (χ1) is 13.2. The van der Waals surface area contributed by atoms with Crippen molar-refractivity contribution in [1.82, 2.24) is 0 Å². The molecule has 2 N–H and O–H groups in total. The lowest BCUT2D eigenvalue weighted by molar-refractivity contribution is -0.384. The quantitative estimate of drug-likeness (QED) is 0.430. The van der Waals surface area contributed by atoms with Crippen molar-refractivity contribution in [2.45, 2.75) is 26.7 Å². The Labute approximate surface area is 165 Å². The Bertz CT molecular complexity index is 852. The predicted molar refractivity (Wildman–Crippen MR) is 99.1 cm³/mol. The van der Waals surface area contributed by atoms with Crippen LogP contribution in [0.1, 0.15) is 32.3 Å². The molecule has 0 saturated carbocycles. The molecule has 0 saturated heterocycles. The van der Waals surface area contributed by atoms with E-state index in [1.165, 1.54) is 19.1 Å². The minimum Gasteiger partial charge on any atom is -0.463 e. The van der Waals surface area contributed by atoms with Crippen molar-refractivity contribution in [2.75, 3.05) is 13.2 Å². The number of benzene rings is 1. The molecule has 0 bridgehead atoms. The van der Waals surface area contributed by atoms with Gasteiger partial charge < -0.3 is 19.9 Å². The molecular formula is C18H19ClN2O7. The van der Waals surface area contributed by atoms with Crippen molar-refractivity contribution in [3.05, 3.63) is 61.7 Å². The summed E-state index contributed by atoms with van der Waals surface area (Å²) >= 11 is 6.26. The van der Waals surface area contributed by atoms with Crippen molar-refractivity contribution in [2.24, 2.45) is 5.73 Å². The third-order valence-electron chi connectivity index (χ3n) is 3.98. The molecule has 0 aliphatic carbocycles. The lowest BCUT2D eigenvalue weighted by Gasteiger charge is -2.29. The number of hydrogen-bond donors (Lipinski definition) is 1. The number of ether oxygens (including phenoxy) is 3. The molecule has 1 aliphatic heterocycles. The van der Waals surface area contributed by atoms with E-state index in [2.05, 4.69) is 0 Å². The van der Waals surface area contributed by atoms with Gasteiger partial charge in [-0.3, -0.25) is 10.1 Å². The maximum absolute atomic E-state index is 12.6. The van der Waals surface area contributed by atoms with Crippen LogP contribution in [-0.2, 0) is 23.8 Å². The number of esters is 2. The average Bonchev–Trinajstić information content (AvgIpc) is 2.61. The minimum absolute atomic E-state index is 0.00913. The monoisotopic (exact) mass is 410 g/mol. The number of carbonyl (C=O) groups is 2. The summed E-state index contributed by atoms with van der Waals surface area (Å²) in [5.74, 6) is -2.71. The highest BCUT2D eigenvalue weighted by Gasteiger charge is 2.41. The summed E-state index contributed by atoms with van der Waals surface area (Å²) < 4.78 is 15.5. The first-order valence-corrected chi connectivity index (χ1v) is 8.76. The minimum atomic E-state index is -1.07. The van der Waals surface area contributed by atoms with Gasteiger partial charge in [-0.25, -0.2) is 9.59 Å². The largest absolute Gasteiger partial charge is 0.463 e. The van der Waals surface area contributed by atoms with Crippen LogP contribution in [0, 0.1) is 10.1 Å². The van der Waals surface area contributed by atoms with Crippen LogP contribution in [0.4, 0.5) is 5.69 Å². The van der Waals surface area contributed by atoms with Crippen LogP contribution in [0.2, 0.25) is 5.02 Å². The van der Waals surface area contributed by atoms with Gasteiger partial charge in [0, 0.05) is 12.1 Å². The number of nitro groups is 1. The van der Waals surface area contributed by atoms with Crippen LogP contribution in [0.5, 0.6) is 0 Å². The molecule has 10 heteroatoms. The van der Waals surface area contributed by atoms with Gasteiger partial charge in [0.05, 0.1) is 34.7 Å². The molecule has 0 fully saturated rings. The molecule has 1 aromatic rings.